The van der Waals surface area contributed by atoms with Gasteiger partial charge in [-0.25, -0.2) is 9.59 Å². The number of hydrogen-bond acceptors (Lipinski definition) is 5. The Morgan fingerprint density at radius 2 is 1.51 bits per heavy atom. The van der Waals surface area contributed by atoms with Gasteiger partial charge in [0.1, 0.15) is 6.10 Å². The molecular formula is C32H32O5. The highest BCUT2D eigenvalue weighted by molar-refractivity contribution is 5.91. The number of aromatic hydroxyl groups is 1. The molecule has 3 aliphatic carbocycles. The number of ether oxygens (including phenoxy) is 2. The number of fused-ring (bicyclic) bond motifs is 5. The maximum atomic E-state index is 12.8. The van der Waals surface area contributed by atoms with E-state index in [2.05, 4.69) is 6.92 Å². The molecule has 5 nitrogen and oxygen atoms in total. The Kier molecular flexibility index (Phi) is 6.02. The van der Waals surface area contributed by atoms with Crippen LogP contribution in [-0.4, -0.2) is 23.1 Å². The predicted octanol–water partition coefficient (Wildman–Crippen LogP) is 6.69. The monoisotopic (exact) mass is 496 g/mol. The Balaban J connectivity index is 1.20. The van der Waals surface area contributed by atoms with Gasteiger partial charge in [-0.3, -0.25) is 0 Å². The summed E-state index contributed by atoms with van der Waals surface area (Å²) in [5, 5.41) is 11.1. The van der Waals surface area contributed by atoms with E-state index in [0.717, 1.165) is 44.1 Å². The summed E-state index contributed by atoms with van der Waals surface area (Å²) in [4.78, 5) is 25.4. The summed E-state index contributed by atoms with van der Waals surface area (Å²) in [7, 11) is 0. The molecule has 3 aliphatic rings. The smallest absolute Gasteiger partial charge is 0.343 e. The first-order chi connectivity index (χ1) is 18.0. The van der Waals surface area contributed by atoms with Crippen LogP contribution in [0.15, 0.2) is 72.8 Å². The van der Waals surface area contributed by atoms with Crippen molar-refractivity contribution in [3.63, 3.8) is 0 Å². The van der Waals surface area contributed by atoms with Gasteiger partial charge in [0.25, 0.3) is 0 Å². The molecule has 0 unspecified atom stereocenters. The van der Waals surface area contributed by atoms with E-state index in [1.165, 1.54) is 5.56 Å². The molecule has 37 heavy (non-hydrogen) atoms. The van der Waals surface area contributed by atoms with Crippen LogP contribution in [0.1, 0.15) is 76.8 Å². The van der Waals surface area contributed by atoms with E-state index in [1.807, 2.05) is 42.5 Å². The minimum atomic E-state index is -0.472. The largest absolute Gasteiger partial charge is 0.504 e. The standard InChI is InChI=1S/C32H32O5/c1-32-19-18-23-22-14-16-27(36-30(34)20-8-4-2-5-9-20)29(33)25(22)13-12-24(23)26(32)15-17-28(32)37-31(35)21-10-6-3-7-11-21/h2-11,14,16,23-24,26,28,33H,12-13,15,17-19H2,1H3/t23-,24-,26+,28+,32+/m1/s1. The maximum absolute atomic E-state index is 12.8. The second-order valence-corrected chi connectivity index (χ2v) is 11.0. The summed E-state index contributed by atoms with van der Waals surface area (Å²) in [5.41, 5.74) is 3.12. The summed E-state index contributed by atoms with van der Waals surface area (Å²) < 4.78 is 11.7. The van der Waals surface area contributed by atoms with Crippen molar-refractivity contribution < 1.29 is 24.2 Å². The molecule has 0 bridgehead atoms. The Hall–Kier alpha value is -3.60. The van der Waals surface area contributed by atoms with Gasteiger partial charge in [-0.2, -0.15) is 0 Å². The first-order valence-corrected chi connectivity index (χ1v) is 13.3. The molecule has 2 fully saturated rings. The van der Waals surface area contributed by atoms with E-state index in [1.54, 1.807) is 30.3 Å². The van der Waals surface area contributed by atoms with Crippen molar-refractivity contribution in [1.82, 2.24) is 0 Å². The van der Waals surface area contributed by atoms with Gasteiger partial charge in [-0.05, 0) is 92.2 Å². The Labute approximate surface area is 217 Å². The zero-order valence-electron chi connectivity index (χ0n) is 21.1. The zero-order chi connectivity index (χ0) is 25.6. The van der Waals surface area contributed by atoms with Crippen molar-refractivity contribution in [3.05, 3.63) is 95.1 Å². The lowest BCUT2D eigenvalue weighted by Gasteiger charge is -2.50. The second kappa shape index (κ2) is 9.37. The average Bonchev–Trinajstić information content (AvgIpc) is 3.27. The molecule has 0 heterocycles. The number of rotatable bonds is 4. The lowest BCUT2D eigenvalue weighted by molar-refractivity contribution is -0.0428. The zero-order valence-corrected chi connectivity index (χ0v) is 21.1. The number of esters is 2. The molecule has 5 heteroatoms. The number of phenols is 1. The summed E-state index contributed by atoms with van der Waals surface area (Å²) >= 11 is 0. The third-order valence-corrected chi connectivity index (χ3v) is 9.23. The average molecular weight is 497 g/mol. The van der Waals surface area contributed by atoms with E-state index >= 15 is 0 Å². The van der Waals surface area contributed by atoms with Gasteiger partial charge >= 0.3 is 11.9 Å². The fourth-order valence-electron chi connectivity index (χ4n) is 7.36. The topological polar surface area (TPSA) is 72.8 Å². The van der Waals surface area contributed by atoms with Gasteiger partial charge < -0.3 is 14.6 Å². The Morgan fingerprint density at radius 1 is 0.838 bits per heavy atom. The van der Waals surface area contributed by atoms with Crippen LogP contribution in [0.5, 0.6) is 11.5 Å². The van der Waals surface area contributed by atoms with E-state index in [9.17, 15) is 14.7 Å². The quantitative estimate of drug-likeness (QED) is 0.322. The van der Waals surface area contributed by atoms with Crippen molar-refractivity contribution in [3.8, 4) is 11.5 Å². The SMILES string of the molecule is C[C@]12CC[C@@H]3c4ccc(OC(=O)c5ccccc5)c(O)c4CC[C@H]3[C@@H]1CC[C@@H]2OC(=O)c1ccccc1. The number of carbonyl (C=O) groups excluding carboxylic acids is 2. The Bertz CT molecular complexity index is 1320. The van der Waals surface area contributed by atoms with Gasteiger partial charge in [0.05, 0.1) is 11.1 Å². The fourth-order valence-corrected chi connectivity index (χ4v) is 7.36. The highest BCUT2D eigenvalue weighted by Gasteiger charge is 2.56. The maximum Gasteiger partial charge on any atom is 0.343 e. The fraction of sp³-hybridized carbons (Fsp3) is 0.375. The second-order valence-electron chi connectivity index (χ2n) is 11.0. The molecule has 2 saturated carbocycles. The van der Waals surface area contributed by atoms with E-state index in [-0.39, 0.29) is 29.0 Å². The van der Waals surface area contributed by atoms with Gasteiger partial charge in [0.15, 0.2) is 11.5 Å². The third kappa shape index (κ3) is 4.11. The van der Waals surface area contributed by atoms with Crippen molar-refractivity contribution >= 4 is 11.9 Å². The van der Waals surface area contributed by atoms with Crippen molar-refractivity contribution in [2.24, 2.45) is 17.3 Å². The van der Waals surface area contributed by atoms with Crippen LogP contribution in [0, 0.1) is 17.3 Å². The van der Waals surface area contributed by atoms with Crippen LogP contribution in [0.3, 0.4) is 0 Å². The van der Waals surface area contributed by atoms with Crippen LogP contribution < -0.4 is 4.74 Å². The van der Waals surface area contributed by atoms with Crippen LogP contribution in [0.2, 0.25) is 0 Å². The summed E-state index contributed by atoms with van der Waals surface area (Å²) in [6.45, 7) is 2.31. The molecule has 0 aliphatic heterocycles. The molecule has 190 valence electrons. The third-order valence-electron chi connectivity index (χ3n) is 9.23. The van der Waals surface area contributed by atoms with Crippen LogP contribution >= 0.6 is 0 Å². The highest BCUT2D eigenvalue weighted by Crippen LogP contribution is 2.62. The number of phenolic OH excluding ortho intramolecular Hbond substituents is 1. The van der Waals surface area contributed by atoms with Gasteiger partial charge in [-0.1, -0.05) is 49.4 Å². The molecule has 5 atom stereocenters. The van der Waals surface area contributed by atoms with E-state index in [4.69, 9.17) is 9.47 Å². The molecule has 0 aromatic heterocycles. The molecule has 6 rings (SSSR count). The molecule has 0 spiro atoms. The molecular weight excluding hydrogens is 464 g/mol. The summed E-state index contributed by atoms with van der Waals surface area (Å²) in [6.07, 6.45) is 5.58. The molecule has 3 aromatic rings. The molecule has 1 N–H and O–H groups in total. The van der Waals surface area contributed by atoms with Gasteiger partial charge in [0.2, 0.25) is 0 Å². The van der Waals surface area contributed by atoms with Crippen LogP contribution in [0.4, 0.5) is 0 Å². The number of hydrogen-bond donors (Lipinski definition) is 1. The van der Waals surface area contributed by atoms with Crippen LogP contribution in [-0.2, 0) is 11.2 Å². The van der Waals surface area contributed by atoms with Crippen molar-refractivity contribution in [2.45, 2.75) is 57.5 Å². The molecule has 0 amide bonds. The molecule has 0 saturated heterocycles. The predicted molar refractivity (Wildman–Crippen MR) is 140 cm³/mol. The van der Waals surface area contributed by atoms with Crippen molar-refractivity contribution in [2.75, 3.05) is 0 Å². The number of carbonyl (C=O) groups is 2. The first kappa shape index (κ1) is 23.8. The highest BCUT2D eigenvalue weighted by atomic mass is 16.5. The first-order valence-electron chi connectivity index (χ1n) is 13.3. The van der Waals surface area contributed by atoms with Gasteiger partial charge in [0, 0.05) is 11.0 Å². The summed E-state index contributed by atoms with van der Waals surface area (Å²) in [6, 6.07) is 21.9. The summed E-state index contributed by atoms with van der Waals surface area (Å²) in [5.74, 6) is 0.936. The molecule has 0 radical (unpaired) electrons. The Morgan fingerprint density at radius 3 is 2.22 bits per heavy atom. The van der Waals surface area contributed by atoms with E-state index in [0.29, 0.717) is 28.9 Å². The minimum absolute atomic E-state index is 0.0314. The van der Waals surface area contributed by atoms with Crippen LogP contribution in [0.25, 0.3) is 0 Å². The lowest BCUT2D eigenvalue weighted by Crippen LogP contribution is -2.45. The van der Waals surface area contributed by atoms with Crippen molar-refractivity contribution in [1.29, 1.82) is 0 Å². The van der Waals surface area contributed by atoms with E-state index < -0.39 is 5.97 Å². The molecule has 3 aromatic carbocycles. The normalized spacial score (nSPS) is 27.9. The lowest BCUT2D eigenvalue weighted by atomic mass is 9.55. The minimum Gasteiger partial charge on any atom is -0.504 e. The number of benzene rings is 3. The van der Waals surface area contributed by atoms with Gasteiger partial charge in [-0.15, -0.1) is 0 Å².